The van der Waals surface area contributed by atoms with E-state index < -0.39 is 15.3 Å². The Balaban J connectivity index is 1.61. The van der Waals surface area contributed by atoms with Gasteiger partial charge in [0, 0.05) is 32.4 Å². The van der Waals surface area contributed by atoms with Gasteiger partial charge in [0.1, 0.15) is 5.25 Å². The van der Waals surface area contributed by atoms with Crippen LogP contribution in [0.25, 0.3) is 0 Å². The second kappa shape index (κ2) is 6.12. The van der Waals surface area contributed by atoms with E-state index in [0.717, 1.165) is 0 Å². The van der Waals surface area contributed by atoms with Crippen LogP contribution < -0.4 is 0 Å². The van der Waals surface area contributed by atoms with E-state index in [1.54, 1.807) is 15.8 Å². The van der Waals surface area contributed by atoms with E-state index in [1.165, 1.54) is 10.5 Å². The molecule has 2 saturated heterocycles. The van der Waals surface area contributed by atoms with Gasteiger partial charge < -0.3 is 9.64 Å². The second-order valence-corrected chi connectivity index (χ2v) is 9.45. The lowest BCUT2D eigenvalue weighted by Crippen LogP contribution is -2.60. The summed E-state index contributed by atoms with van der Waals surface area (Å²) in [6.07, 6.45) is 3.25. The standard InChI is InChI=1S/C15H24N4O4S/c1-15(2,3)19-9-12(8-16-19)14(20)17-10-13(11-17)24(21,22)18-4-6-23-7-5-18/h8-9,13H,4-7,10-11H2,1-3H3. The van der Waals surface area contributed by atoms with E-state index in [-0.39, 0.29) is 24.5 Å². The molecule has 0 aliphatic carbocycles. The third-order valence-electron chi connectivity index (χ3n) is 4.40. The van der Waals surface area contributed by atoms with Crippen LogP contribution in [0.4, 0.5) is 0 Å². The van der Waals surface area contributed by atoms with Crippen LogP contribution in [0.5, 0.6) is 0 Å². The Morgan fingerprint density at radius 2 is 1.88 bits per heavy atom. The Kier molecular flexibility index (Phi) is 4.43. The van der Waals surface area contributed by atoms with Gasteiger partial charge in [0.2, 0.25) is 10.0 Å². The first-order valence-corrected chi connectivity index (χ1v) is 9.61. The number of amides is 1. The maximum Gasteiger partial charge on any atom is 0.257 e. The topological polar surface area (TPSA) is 84.7 Å². The third kappa shape index (κ3) is 3.20. The van der Waals surface area contributed by atoms with Gasteiger partial charge in [-0.3, -0.25) is 9.48 Å². The van der Waals surface area contributed by atoms with Crippen molar-refractivity contribution >= 4 is 15.9 Å². The maximum atomic E-state index is 12.5. The van der Waals surface area contributed by atoms with Crippen LogP contribution in [-0.4, -0.2) is 78.0 Å². The van der Waals surface area contributed by atoms with Gasteiger partial charge in [-0.15, -0.1) is 0 Å². The van der Waals surface area contributed by atoms with Crippen molar-refractivity contribution in [1.82, 2.24) is 19.0 Å². The van der Waals surface area contributed by atoms with Crippen LogP contribution in [0.3, 0.4) is 0 Å². The first-order chi connectivity index (χ1) is 11.2. The SMILES string of the molecule is CC(C)(C)n1cc(C(=O)N2CC(S(=O)(=O)N3CCOCC3)C2)cn1. The van der Waals surface area contributed by atoms with Crippen molar-refractivity contribution in [2.45, 2.75) is 31.6 Å². The second-order valence-electron chi connectivity index (χ2n) is 7.23. The molecule has 0 aromatic carbocycles. The summed E-state index contributed by atoms with van der Waals surface area (Å²) in [6.45, 7) is 8.13. The van der Waals surface area contributed by atoms with Gasteiger partial charge in [0.25, 0.3) is 5.91 Å². The molecule has 2 aliphatic heterocycles. The van der Waals surface area contributed by atoms with Crippen LogP contribution in [0.2, 0.25) is 0 Å². The Hall–Kier alpha value is -1.45. The van der Waals surface area contributed by atoms with Gasteiger partial charge in [-0.05, 0) is 20.8 Å². The van der Waals surface area contributed by atoms with Crippen LogP contribution in [0, 0.1) is 0 Å². The van der Waals surface area contributed by atoms with E-state index in [1.807, 2.05) is 20.8 Å². The molecule has 24 heavy (non-hydrogen) atoms. The molecule has 0 bridgehead atoms. The Morgan fingerprint density at radius 3 is 2.42 bits per heavy atom. The van der Waals surface area contributed by atoms with Gasteiger partial charge in [0.15, 0.2) is 0 Å². The number of aromatic nitrogens is 2. The summed E-state index contributed by atoms with van der Waals surface area (Å²) in [6, 6.07) is 0. The molecule has 1 aromatic heterocycles. The number of sulfonamides is 1. The van der Waals surface area contributed by atoms with Crippen LogP contribution >= 0.6 is 0 Å². The summed E-state index contributed by atoms with van der Waals surface area (Å²) in [5.74, 6) is -0.168. The molecule has 1 aromatic rings. The molecular formula is C15H24N4O4S. The highest BCUT2D eigenvalue weighted by atomic mass is 32.2. The predicted molar refractivity (Wildman–Crippen MR) is 88.2 cm³/mol. The minimum absolute atomic E-state index is 0.168. The van der Waals surface area contributed by atoms with E-state index >= 15 is 0 Å². The molecule has 0 radical (unpaired) electrons. The lowest BCUT2D eigenvalue weighted by atomic mass is 10.1. The highest BCUT2D eigenvalue weighted by molar-refractivity contribution is 7.89. The van der Waals surface area contributed by atoms with E-state index in [2.05, 4.69) is 5.10 Å². The third-order valence-corrected chi connectivity index (χ3v) is 6.63. The van der Waals surface area contributed by atoms with Crippen molar-refractivity contribution in [3.8, 4) is 0 Å². The number of hydrogen-bond donors (Lipinski definition) is 0. The smallest absolute Gasteiger partial charge is 0.257 e. The normalized spacial score (nSPS) is 20.9. The van der Waals surface area contributed by atoms with Gasteiger partial charge in [0.05, 0.1) is 30.5 Å². The van der Waals surface area contributed by atoms with Gasteiger partial charge in [-0.1, -0.05) is 0 Å². The first kappa shape index (κ1) is 17.4. The van der Waals surface area contributed by atoms with Gasteiger partial charge >= 0.3 is 0 Å². The molecule has 8 nitrogen and oxygen atoms in total. The fraction of sp³-hybridized carbons (Fsp3) is 0.733. The number of morpholine rings is 1. The number of likely N-dealkylation sites (tertiary alicyclic amines) is 1. The van der Waals surface area contributed by atoms with Crippen molar-refractivity contribution in [1.29, 1.82) is 0 Å². The molecule has 3 rings (SSSR count). The van der Waals surface area contributed by atoms with Crippen molar-refractivity contribution in [2.24, 2.45) is 0 Å². The Morgan fingerprint density at radius 1 is 1.25 bits per heavy atom. The molecule has 0 spiro atoms. The molecule has 1 amide bonds. The summed E-state index contributed by atoms with van der Waals surface area (Å²) in [5.41, 5.74) is 0.294. The van der Waals surface area contributed by atoms with Crippen molar-refractivity contribution in [2.75, 3.05) is 39.4 Å². The van der Waals surface area contributed by atoms with E-state index in [9.17, 15) is 13.2 Å². The molecule has 0 N–H and O–H groups in total. The average Bonchev–Trinajstić information content (AvgIpc) is 2.96. The van der Waals surface area contributed by atoms with Crippen LogP contribution in [0.1, 0.15) is 31.1 Å². The number of nitrogens with zero attached hydrogens (tertiary/aromatic N) is 4. The van der Waals surface area contributed by atoms with Gasteiger partial charge in [-0.25, -0.2) is 8.42 Å². The Labute approximate surface area is 142 Å². The maximum absolute atomic E-state index is 12.5. The molecule has 2 aliphatic rings. The number of carbonyl (C=O) groups is 1. The van der Waals surface area contributed by atoms with Crippen molar-refractivity contribution < 1.29 is 17.9 Å². The van der Waals surface area contributed by atoms with E-state index in [0.29, 0.717) is 31.9 Å². The molecule has 0 atom stereocenters. The summed E-state index contributed by atoms with van der Waals surface area (Å²) in [7, 11) is -3.35. The average molecular weight is 356 g/mol. The Bertz CT molecular complexity index is 710. The molecule has 3 heterocycles. The lowest BCUT2D eigenvalue weighted by Gasteiger charge is -2.41. The fourth-order valence-corrected chi connectivity index (χ4v) is 4.60. The fourth-order valence-electron chi connectivity index (χ4n) is 2.79. The predicted octanol–water partition coefficient (Wildman–Crippen LogP) is 0.125. The summed E-state index contributed by atoms with van der Waals surface area (Å²) in [4.78, 5) is 14.0. The molecule has 9 heteroatoms. The molecule has 0 saturated carbocycles. The highest BCUT2D eigenvalue weighted by Gasteiger charge is 2.43. The van der Waals surface area contributed by atoms with E-state index in [4.69, 9.17) is 4.74 Å². The minimum Gasteiger partial charge on any atom is -0.379 e. The number of rotatable bonds is 3. The molecule has 0 unspecified atom stereocenters. The number of hydrogen-bond acceptors (Lipinski definition) is 5. The molecule has 2 fully saturated rings. The number of carbonyl (C=O) groups excluding carboxylic acids is 1. The van der Waals surface area contributed by atoms with Crippen molar-refractivity contribution in [3.05, 3.63) is 18.0 Å². The number of ether oxygens (including phenoxy) is 1. The molecular weight excluding hydrogens is 332 g/mol. The zero-order chi connectivity index (χ0) is 17.5. The summed E-state index contributed by atoms with van der Waals surface area (Å²) < 4.78 is 33.5. The summed E-state index contributed by atoms with van der Waals surface area (Å²) >= 11 is 0. The van der Waals surface area contributed by atoms with Gasteiger partial charge in [-0.2, -0.15) is 9.40 Å². The summed E-state index contributed by atoms with van der Waals surface area (Å²) in [5, 5.41) is 3.70. The monoisotopic (exact) mass is 356 g/mol. The lowest BCUT2D eigenvalue weighted by molar-refractivity contribution is 0.0617. The highest BCUT2D eigenvalue weighted by Crippen LogP contribution is 2.23. The quantitative estimate of drug-likeness (QED) is 0.768. The first-order valence-electron chi connectivity index (χ1n) is 8.11. The van der Waals surface area contributed by atoms with Crippen molar-refractivity contribution in [3.63, 3.8) is 0 Å². The minimum atomic E-state index is -3.35. The zero-order valence-corrected chi connectivity index (χ0v) is 15.1. The zero-order valence-electron chi connectivity index (χ0n) is 14.3. The van der Waals surface area contributed by atoms with Crippen LogP contribution in [0.15, 0.2) is 12.4 Å². The van der Waals surface area contributed by atoms with Crippen LogP contribution in [-0.2, 0) is 20.3 Å². The largest absolute Gasteiger partial charge is 0.379 e. The molecule has 134 valence electrons.